The van der Waals surface area contributed by atoms with Gasteiger partial charge in [0.15, 0.2) is 0 Å². The lowest BCUT2D eigenvalue weighted by Gasteiger charge is -2.21. The summed E-state index contributed by atoms with van der Waals surface area (Å²) in [5.74, 6) is 0. The quantitative estimate of drug-likeness (QED) is 0.195. The first kappa shape index (κ1) is 27.4. The van der Waals surface area contributed by atoms with E-state index in [1.165, 1.54) is 22.3 Å². The predicted octanol–water partition coefficient (Wildman–Crippen LogP) is 10.6. The number of urea groups is 1. The van der Waals surface area contributed by atoms with Crippen LogP contribution in [0.3, 0.4) is 0 Å². The second kappa shape index (κ2) is 11.7. The van der Waals surface area contributed by atoms with Crippen molar-refractivity contribution in [3.05, 3.63) is 158 Å². The molecule has 1 aliphatic heterocycles. The van der Waals surface area contributed by atoms with Crippen molar-refractivity contribution in [3.8, 4) is 44.5 Å². The molecule has 1 heterocycles. The topological polar surface area (TPSA) is 23.6 Å². The van der Waals surface area contributed by atoms with Crippen molar-refractivity contribution in [2.24, 2.45) is 0 Å². The fraction of sp³-hybridized carbons (Fsp3) is 0.0976. The second-order valence-corrected chi connectivity index (χ2v) is 11.5. The Balaban J connectivity index is 1.11. The van der Waals surface area contributed by atoms with Gasteiger partial charge in [-0.15, -0.1) is 0 Å². The van der Waals surface area contributed by atoms with Gasteiger partial charge in [-0.25, -0.2) is 4.79 Å². The Morgan fingerprint density at radius 2 is 0.659 bits per heavy atom. The molecule has 6 aromatic carbocycles. The first-order valence-corrected chi connectivity index (χ1v) is 15.2. The molecule has 0 aromatic heterocycles. The predicted molar refractivity (Wildman–Crippen MR) is 184 cm³/mol. The van der Waals surface area contributed by atoms with Crippen molar-refractivity contribution in [1.29, 1.82) is 0 Å². The highest BCUT2D eigenvalue weighted by atomic mass is 16.2. The molecule has 44 heavy (non-hydrogen) atoms. The normalized spacial score (nSPS) is 16.4. The van der Waals surface area contributed by atoms with Crippen LogP contribution >= 0.6 is 0 Å². The molecule has 1 fully saturated rings. The molecular formula is C41H34N2O. The van der Waals surface area contributed by atoms with E-state index in [2.05, 4.69) is 159 Å². The Kier molecular flexibility index (Phi) is 7.29. The Hall–Kier alpha value is -5.41. The molecule has 0 saturated carbocycles. The van der Waals surface area contributed by atoms with E-state index in [0.717, 1.165) is 33.6 Å². The van der Waals surface area contributed by atoms with Crippen LogP contribution in [-0.4, -0.2) is 18.1 Å². The minimum atomic E-state index is 0.00245. The van der Waals surface area contributed by atoms with Gasteiger partial charge in [-0.2, -0.15) is 0 Å². The van der Waals surface area contributed by atoms with Gasteiger partial charge >= 0.3 is 6.03 Å². The standard InChI is InChI=1S/C41H34N2O/c1-29-30(2)43(40-25-21-34(22-26-40)38-18-10-16-36(28-38)32-13-7-4-8-14-32)41(44)42(29)39-23-19-33(20-24-39)37-17-9-15-35(27-37)31-11-5-3-6-12-31/h3-30H,1-2H3. The first-order chi connectivity index (χ1) is 21.6. The Labute approximate surface area is 259 Å². The summed E-state index contributed by atoms with van der Waals surface area (Å²) in [6.07, 6.45) is 0. The smallest absolute Gasteiger partial charge is 0.289 e. The Morgan fingerprint density at radius 1 is 0.364 bits per heavy atom. The molecule has 0 bridgehead atoms. The number of amides is 2. The summed E-state index contributed by atoms with van der Waals surface area (Å²) in [7, 11) is 0. The summed E-state index contributed by atoms with van der Waals surface area (Å²) < 4.78 is 0. The van der Waals surface area contributed by atoms with Gasteiger partial charge in [-0.05, 0) is 94.8 Å². The van der Waals surface area contributed by atoms with Crippen LogP contribution < -0.4 is 9.80 Å². The highest BCUT2D eigenvalue weighted by Crippen LogP contribution is 2.36. The third kappa shape index (κ3) is 5.18. The zero-order valence-electron chi connectivity index (χ0n) is 25.0. The van der Waals surface area contributed by atoms with Crippen molar-refractivity contribution >= 4 is 17.4 Å². The number of carbonyl (C=O) groups is 1. The number of anilines is 2. The molecule has 1 aliphatic rings. The minimum absolute atomic E-state index is 0.00245. The molecule has 7 rings (SSSR count). The van der Waals surface area contributed by atoms with Gasteiger partial charge in [0.1, 0.15) is 0 Å². The summed E-state index contributed by atoms with van der Waals surface area (Å²) in [4.78, 5) is 17.7. The van der Waals surface area contributed by atoms with Crippen molar-refractivity contribution in [1.82, 2.24) is 0 Å². The lowest BCUT2D eigenvalue weighted by atomic mass is 9.99. The number of hydrogen-bond donors (Lipinski definition) is 0. The van der Waals surface area contributed by atoms with E-state index in [0.29, 0.717) is 0 Å². The fourth-order valence-corrected chi connectivity index (χ4v) is 6.23. The third-order valence-electron chi connectivity index (χ3n) is 8.82. The van der Waals surface area contributed by atoms with Crippen molar-refractivity contribution in [3.63, 3.8) is 0 Å². The van der Waals surface area contributed by atoms with E-state index in [-0.39, 0.29) is 18.1 Å². The molecule has 0 spiro atoms. The molecule has 6 aromatic rings. The Bertz CT molecular complexity index is 1760. The van der Waals surface area contributed by atoms with E-state index in [9.17, 15) is 4.79 Å². The van der Waals surface area contributed by atoms with Crippen molar-refractivity contribution < 1.29 is 4.79 Å². The first-order valence-electron chi connectivity index (χ1n) is 15.2. The van der Waals surface area contributed by atoms with Crippen LogP contribution in [-0.2, 0) is 0 Å². The molecule has 2 atom stereocenters. The van der Waals surface area contributed by atoms with E-state index in [4.69, 9.17) is 0 Å². The average molecular weight is 571 g/mol. The van der Waals surface area contributed by atoms with Crippen LogP contribution in [0.2, 0.25) is 0 Å². The molecule has 3 nitrogen and oxygen atoms in total. The zero-order chi connectivity index (χ0) is 30.0. The van der Waals surface area contributed by atoms with Crippen LogP contribution in [0.15, 0.2) is 158 Å². The largest absolute Gasteiger partial charge is 0.329 e. The van der Waals surface area contributed by atoms with Gasteiger partial charge in [0.2, 0.25) is 0 Å². The molecule has 3 heteroatoms. The zero-order valence-corrected chi connectivity index (χ0v) is 25.0. The van der Waals surface area contributed by atoms with Gasteiger partial charge in [0.25, 0.3) is 0 Å². The maximum absolute atomic E-state index is 13.9. The minimum Gasteiger partial charge on any atom is -0.289 e. The number of hydrogen-bond acceptors (Lipinski definition) is 1. The van der Waals surface area contributed by atoms with Crippen molar-refractivity contribution in [2.45, 2.75) is 25.9 Å². The molecule has 2 amide bonds. The summed E-state index contributed by atoms with van der Waals surface area (Å²) in [6, 6.07) is 54.8. The van der Waals surface area contributed by atoms with E-state index < -0.39 is 0 Å². The van der Waals surface area contributed by atoms with E-state index >= 15 is 0 Å². The van der Waals surface area contributed by atoms with Gasteiger partial charge in [-0.1, -0.05) is 121 Å². The average Bonchev–Trinajstić information content (AvgIpc) is 3.32. The van der Waals surface area contributed by atoms with E-state index in [1.807, 2.05) is 21.9 Å². The highest BCUT2D eigenvalue weighted by molar-refractivity contribution is 6.07. The maximum atomic E-state index is 13.9. The van der Waals surface area contributed by atoms with Gasteiger partial charge in [-0.3, -0.25) is 9.80 Å². The van der Waals surface area contributed by atoms with E-state index in [1.54, 1.807) is 0 Å². The molecule has 0 radical (unpaired) electrons. The molecule has 214 valence electrons. The van der Waals surface area contributed by atoms with Crippen molar-refractivity contribution in [2.75, 3.05) is 9.80 Å². The lowest BCUT2D eigenvalue weighted by Crippen LogP contribution is -2.33. The number of carbonyl (C=O) groups excluding carboxylic acids is 1. The summed E-state index contributed by atoms with van der Waals surface area (Å²) in [5, 5.41) is 0. The molecule has 0 aliphatic carbocycles. The van der Waals surface area contributed by atoms with Crippen LogP contribution in [0.1, 0.15) is 13.8 Å². The fourth-order valence-electron chi connectivity index (χ4n) is 6.23. The van der Waals surface area contributed by atoms with Crippen LogP contribution in [0.4, 0.5) is 16.2 Å². The monoisotopic (exact) mass is 570 g/mol. The number of benzene rings is 6. The summed E-state index contributed by atoms with van der Waals surface area (Å²) in [5.41, 5.74) is 11.2. The molecule has 0 N–H and O–H groups in total. The number of nitrogens with zero attached hydrogens (tertiary/aromatic N) is 2. The van der Waals surface area contributed by atoms with Crippen LogP contribution in [0.5, 0.6) is 0 Å². The lowest BCUT2D eigenvalue weighted by molar-refractivity contribution is 0.255. The van der Waals surface area contributed by atoms with Gasteiger partial charge in [0, 0.05) is 11.4 Å². The Morgan fingerprint density at radius 3 is 1.00 bits per heavy atom. The van der Waals surface area contributed by atoms with Crippen LogP contribution in [0.25, 0.3) is 44.5 Å². The van der Waals surface area contributed by atoms with Gasteiger partial charge < -0.3 is 0 Å². The molecular weight excluding hydrogens is 536 g/mol. The SMILES string of the molecule is CC1C(C)N(c2ccc(-c3cccc(-c4ccccc4)c3)cc2)C(=O)N1c1ccc(-c2cccc(-c3ccccc3)c2)cc1. The maximum Gasteiger partial charge on any atom is 0.329 e. The highest BCUT2D eigenvalue weighted by Gasteiger charge is 2.42. The number of rotatable bonds is 6. The summed E-state index contributed by atoms with van der Waals surface area (Å²) >= 11 is 0. The third-order valence-corrected chi connectivity index (χ3v) is 8.82. The summed E-state index contributed by atoms with van der Waals surface area (Å²) in [6.45, 7) is 4.26. The second-order valence-electron chi connectivity index (χ2n) is 11.5. The molecule has 2 unspecified atom stereocenters. The van der Waals surface area contributed by atoms with Gasteiger partial charge in [0.05, 0.1) is 12.1 Å². The molecule has 1 saturated heterocycles. The van der Waals surface area contributed by atoms with Crippen LogP contribution in [0, 0.1) is 0 Å².